The Kier molecular flexibility index (Phi) is 5.30. The zero-order valence-electron chi connectivity index (χ0n) is 11.8. The Morgan fingerprint density at radius 3 is 2.67 bits per heavy atom. The molecular weight excluding hydrogens is 326 g/mol. The minimum absolute atomic E-state index is 0.0362. The molecule has 3 heteroatoms. The van der Waals surface area contributed by atoms with Crippen LogP contribution in [0.2, 0.25) is 0 Å². The first-order valence-electron chi connectivity index (χ1n) is 6.84. The zero-order chi connectivity index (χ0) is 15.2. The van der Waals surface area contributed by atoms with Crippen LogP contribution in [0.3, 0.4) is 0 Å². The highest BCUT2D eigenvalue weighted by atomic mass is 79.9. The van der Waals surface area contributed by atoms with Gasteiger partial charge in [-0.05, 0) is 30.5 Å². The summed E-state index contributed by atoms with van der Waals surface area (Å²) < 4.78 is 0.806. The highest BCUT2D eigenvalue weighted by Gasteiger charge is 2.21. The van der Waals surface area contributed by atoms with E-state index in [0.717, 1.165) is 15.6 Å². The molecule has 21 heavy (non-hydrogen) atoms. The minimum atomic E-state index is -0.703. The maximum Gasteiger partial charge on any atom is 0.154 e. The molecule has 0 fully saturated rings. The van der Waals surface area contributed by atoms with E-state index in [4.69, 9.17) is 0 Å². The number of carbonyl (C=O) groups excluding carboxylic acids is 1. The van der Waals surface area contributed by atoms with Gasteiger partial charge in [0.2, 0.25) is 0 Å². The summed E-state index contributed by atoms with van der Waals surface area (Å²) >= 11 is 3.41. The lowest BCUT2D eigenvalue weighted by Gasteiger charge is -2.10. The summed E-state index contributed by atoms with van der Waals surface area (Å²) in [7, 11) is 0. The predicted molar refractivity (Wildman–Crippen MR) is 87.0 cm³/mol. The van der Waals surface area contributed by atoms with Gasteiger partial charge in [-0.25, -0.2) is 0 Å². The molecule has 0 aliphatic carbocycles. The molecule has 106 valence electrons. The maximum atomic E-state index is 12.3. The fourth-order valence-electron chi connectivity index (χ4n) is 2.30. The smallest absolute Gasteiger partial charge is 0.154 e. The maximum absolute atomic E-state index is 12.3. The van der Waals surface area contributed by atoms with E-state index in [1.54, 1.807) is 0 Å². The number of ketones is 1. The molecule has 2 rings (SSSR count). The molecule has 1 atom stereocenters. The molecule has 1 unspecified atom stereocenters. The second kappa shape index (κ2) is 7.19. The molecular formula is C18H16BrNO. The van der Waals surface area contributed by atoms with E-state index in [9.17, 15) is 10.1 Å². The third-order valence-corrected chi connectivity index (χ3v) is 4.13. The number of hydrogen-bond donors (Lipinski definition) is 0. The number of rotatable bonds is 5. The first kappa shape index (κ1) is 15.5. The Labute approximate surface area is 133 Å². The normalized spacial score (nSPS) is 11.7. The summed E-state index contributed by atoms with van der Waals surface area (Å²) in [5, 5.41) is 9.32. The average Bonchev–Trinajstić information content (AvgIpc) is 2.48. The molecule has 0 spiro atoms. The zero-order valence-corrected chi connectivity index (χ0v) is 13.4. The summed E-state index contributed by atoms with van der Waals surface area (Å²) in [5.74, 6) is -0.740. The van der Waals surface area contributed by atoms with E-state index >= 15 is 0 Å². The fraction of sp³-hybridized carbons (Fsp3) is 0.222. The van der Waals surface area contributed by atoms with Crippen LogP contribution < -0.4 is 0 Å². The van der Waals surface area contributed by atoms with Gasteiger partial charge in [0.1, 0.15) is 5.92 Å². The van der Waals surface area contributed by atoms with Gasteiger partial charge in [-0.1, -0.05) is 64.0 Å². The van der Waals surface area contributed by atoms with Gasteiger partial charge in [0.15, 0.2) is 5.78 Å². The molecule has 2 aromatic rings. The number of Topliss-reactive ketones (excluding diaryl/α,β-unsaturated/α-hetero) is 1. The van der Waals surface area contributed by atoms with Gasteiger partial charge in [0, 0.05) is 10.9 Å². The molecule has 0 heterocycles. The van der Waals surface area contributed by atoms with E-state index in [2.05, 4.69) is 28.1 Å². The molecule has 2 aromatic carbocycles. The van der Waals surface area contributed by atoms with E-state index in [-0.39, 0.29) is 5.78 Å². The number of halogens is 1. The van der Waals surface area contributed by atoms with Gasteiger partial charge >= 0.3 is 0 Å². The van der Waals surface area contributed by atoms with E-state index in [0.29, 0.717) is 12.8 Å². The van der Waals surface area contributed by atoms with Crippen molar-refractivity contribution in [1.82, 2.24) is 0 Å². The largest absolute Gasteiger partial charge is 0.298 e. The van der Waals surface area contributed by atoms with Crippen LogP contribution in [-0.2, 0) is 11.2 Å². The van der Waals surface area contributed by atoms with Crippen LogP contribution in [0.5, 0.6) is 0 Å². The molecule has 0 aromatic heterocycles. The summed E-state index contributed by atoms with van der Waals surface area (Å²) in [6.07, 6.45) is 1.05. The van der Waals surface area contributed by atoms with Crippen LogP contribution in [0.4, 0.5) is 0 Å². The van der Waals surface area contributed by atoms with Crippen molar-refractivity contribution < 1.29 is 4.79 Å². The molecule has 0 radical (unpaired) electrons. The van der Waals surface area contributed by atoms with E-state index in [1.807, 2.05) is 49.4 Å². The van der Waals surface area contributed by atoms with Crippen molar-refractivity contribution in [2.75, 3.05) is 0 Å². The Bertz CT molecular complexity index is 688. The molecule has 2 nitrogen and oxygen atoms in total. The van der Waals surface area contributed by atoms with Crippen LogP contribution in [0.1, 0.15) is 29.0 Å². The number of benzene rings is 2. The first-order chi connectivity index (χ1) is 10.1. The van der Waals surface area contributed by atoms with Crippen molar-refractivity contribution in [3.63, 3.8) is 0 Å². The SMILES string of the molecule is Cc1cccc(CCC(=O)C(C#N)c2ccccc2Br)c1. The summed E-state index contributed by atoms with van der Waals surface area (Å²) in [6.45, 7) is 2.03. The van der Waals surface area contributed by atoms with Crippen LogP contribution in [0.15, 0.2) is 53.0 Å². The van der Waals surface area contributed by atoms with Crippen molar-refractivity contribution in [2.24, 2.45) is 0 Å². The highest BCUT2D eigenvalue weighted by molar-refractivity contribution is 9.10. The van der Waals surface area contributed by atoms with Crippen LogP contribution in [0, 0.1) is 18.3 Å². The van der Waals surface area contributed by atoms with E-state index < -0.39 is 5.92 Å². The highest BCUT2D eigenvalue weighted by Crippen LogP contribution is 2.26. The van der Waals surface area contributed by atoms with Gasteiger partial charge in [-0.2, -0.15) is 5.26 Å². The number of carbonyl (C=O) groups is 1. The first-order valence-corrected chi connectivity index (χ1v) is 7.63. The number of hydrogen-bond acceptors (Lipinski definition) is 2. The van der Waals surface area contributed by atoms with Crippen molar-refractivity contribution >= 4 is 21.7 Å². The fourth-order valence-corrected chi connectivity index (χ4v) is 2.82. The van der Waals surface area contributed by atoms with Crippen molar-refractivity contribution in [3.05, 3.63) is 69.7 Å². The van der Waals surface area contributed by atoms with Gasteiger partial charge in [-0.3, -0.25) is 4.79 Å². The lowest BCUT2D eigenvalue weighted by Crippen LogP contribution is -2.12. The Hall–Kier alpha value is -1.92. The number of nitriles is 1. The summed E-state index contributed by atoms with van der Waals surface area (Å²) in [4.78, 5) is 12.3. The summed E-state index contributed by atoms with van der Waals surface area (Å²) in [6, 6.07) is 17.6. The monoisotopic (exact) mass is 341 g/mol. The van der Waals surface area contributed by atoms with Gasteiger partial charge in [0.05, 0.1) is 6.07 Å². The second-order valence-electron chi connectivity index (χ2n) is 5.04. The van der Waals surface area contributed by atoms with Crippen LogP contribution in [-0.4, -0.2) is 5.78 Å². The quantitative estimate of drug-likeness (QED) is 0.799. The van der Waals surface area contributed by atoms with Crippen molar-refractivity contribution in [2.45, 2.75) is 25.7 Å². The van der Waals surface area contributed by atoms with Crippen molar-refractivity contribution in [3.8, 4) is 6.07 Å². The van der Waals surface area contributed by atoms with Crippen LogP contribution >= 0.6 is 15.9 Å². The minimum Gasteiger partial charge on any atom is -0.298 e. The van der Waals surface area contributed by atoms with Crippen molar-refractivity contribution in [1.29, 1.82) is 5.26 Å². The summed E-state index contributed by atoms with van der Waals surface area (Å²) in [5.41, 5.74) is 3.06. The lowest BCUT2D eigenvalue weighted by atomic mass is 9.92. The third kappa shape index (κ3) is 4.03. The lowest BCUT2D eigenvalue weighted by molar-refractivity contribution is -0.119. The Morgan fingerprint density at radius 2 is 2.00 bits per heavy atom. The van der Waals surface area contributed by atoms with E-state index in [1.165, 1.54) is 5.56 Å². The molecule has 0 saturated heterocycles. The average molecular weight is 342 g/mol. The standard InChI is InChI=1S/C18H16BrNO/c1-13-5-4-6-14(11-13)9-10-18(21)16(12-20)15-7-2-3-8-17(15)19/h2-8,11,16H,9-10H2,1H3. The Balaban J connectivity index is 2.08. The molecule has 0 amide bonds. The van der Waals surface area contributed by atoms with Gasteiger partial charge in [0.25, 0.3) is 0 Å². The van der Waals surface area contributed by atoms with Crippen LogP contribution in [0.25, 0.3) is 0 Å². The third-order valence-electron chi connectivity index (χ3n) is 3.41. The predicted octanol–water partition coefficient (Wildman–Crippen LogP) is 4.57. The number of nitrogens with zero attached hydrogens (tertiary/aromatic N) is 1. The Morgan fingerprint density at radius 1 is 1.24 bits per heavy atom. The molecule has 0 saturated carbocycles. The number of aryl methyl sites for hydroxylation is 2. The topological polar surface area (TPSA) is 40.9 Å². The molecule has 0 aliphatic heterocycles. The second-order valence-corrected chi connectivity index (χ2v) is 5.89. The molecule has 0 N–H and O–H groups in total. The van der Waals surface area contributed by atoms with Gasteiger partial charge < -0.3 is 0 Å². The van der Waals surface area contributed by atoms with Gasteiger partial charge in [-0.15, -0.1) is 0 Å². The molecule has 0 bridgehead atoms. The molecule has 0 aliphatic rings.